The molecule has 2 atom stereocenters. The first-order valence-electron chi connectivity index (χ1n) is 13.3. The van der Waals surface area contributed by atoms with Crippen LogP contribution in [0.4, 0.5) is 5.69 Å². The van der Waals surface area contributed by atoms with Gasteiger partial charge >= 0.3 is 0 Å². The van der Waals surface area contributed by atoms with E-state index in [1.165, 1.54) is 29.8 Å². The van der Waals surface area contributed by atoms with E-state index in [1.807, 2.05) is 6.07 Å². The summed E-state index contributed by atoms with van der Waals surface area (Å²) in [6.45, 7) is 10.8. The number of amides is 1. The van der Waals surface area contributed by atoms with Gasteiger partial charge in [0.15, 0.2) is 0 Å². The molecule has 0 aromatic heterocycles. The summed E-state index contributed by atoms with van der Waals surface area (Å²) in [4.78, 5) is 12.4. The molecule has 0 spiro atoms. The molecule has 2 aliphatic rings. The fourth-order valence-corrected chi connectivity index (χ4v) is 6.42. The van der Waals surface area contributed by atoms with Crippen LogP contribution in [0.5, 0.6) is 11.5 Å². The van der Waals surface area contributed by atoms with Gasteiger partial charge in [0.1, 0.15) is 17.1 Å². The molecule has 0 fully saturated rings. The van der Waals surface area contributed by atoms with Crippen LogP contribution in [-0.2, 0) is 20.2 Å². The Morgan fingerprint density at radius 2 is 1.87 bits per heavy atom. The number of nitrogens with two attached hydrogens (primary N) is 1. The van der Waals surface area contributed by atoms with Gasteiger partial charge in [0.25, 0.3) is 0 Å². The summed E-state index contributed by atoms with van der Waals surface area (Å²) in [6.07, 6.45) is 6.96. The van der Waals surface area contributed by atoms with Crippen LogP contribution in [0.3, 0.4) is 0 Å². The van der Waals surface area contributed by atoms with Crippen LogP contribution < -0.4 is 15.2 Å². The van der Waals surface area contributed by atoms with Crippen molar-refractivity contribution in [1.29, 1.82) is 0 Å². The quantitative estimate of drug-likeness (QED) is 0.275. The first-order valence-corrected chi connectivity index (χ1v) is 14.9. The van der Waals surface area contributed by atoms with Crippen molar-refractivity contribution in [2.45, 2.75) is 95.0 Å². The molecule has 0 unspecified atom stereocenters. The van der Waals surface area contributed by atoms with Gasteiger partial charge in [-0.25, -0.2) is 13.6 Å². The van der Waals surface area contributed by atoms with Gasteiger partial charge in [-0.05, 0) is 93.8 Å². The number of primary sulfonamides is 1. The molecular weight excluding hydrogens is 500 g/mol. The topological polar surface area (TPSA) is 119 Å². The van der Waals surface area contributed by atoms with Crippen LogP contribution in [-0.4, -0.2) is 25.0 Å². The molecule has 0 saturated heterocycles. The molecule has 38 heavy (non-hydrogen) atoms. The minimum absolute atomic E-state index is 0.00502. The lowest BCUT2D eigenvalue weighted by molar-refractivity contribution is -0.116. The minimum atomic E-state index is -3.76. The number of rotatable bonds is 8. The van der Waals surface area contributed by atoms with E-state index < -0.39 is 10.0 Å². The Balaban J connectivity index is 1.37. The average Bonchev–Trinajstić information content (AvgIpc) is 2.80. The van der Waals surface area contributed by atoms with Crippen molar-refractivity contribution < 1.29 is 23.1 Å². The highest BCUT2D eigenvalue weighted by molar-refractivity contribution is 7.89. The lowest BCUT2D eigenvalue weighted by Crippen LogP contribution is -2.45. The first kappa shape index (κ1) is 28.2. The highest BCUT2D eigenvalue weighted by Crippen LogP contribution is 2.55. The van der Waals surface area contributed by atoms with E-state index in [1.54, 1.807) is 0 Å². The molecule has 1 heterocycles. The van der Waals surface area contributed by atoms with Crippen molar-refractivity contribution in [1.82, 2.24) is 0 Å². The van der Waals surface area contributed by atoms with Crippen molar-refractivity contribution in [3.05, 3.63) is 59.2 Å². The highest BCUT2D eigenvalue weighted by Gasteiger charge is 2.46. The van der Waals surface area contributed by atoms with E-state index in [0.29, 0.717) is 30.2 Å². The third-order valence-corrected chi connectivity index (χ3v) is 9.14. The van der Waals surface area contributed by atoms with E-state index in [0.717, 1.165) is 42.6 Å². The Morgan fingerprint density at radius 3 is 2.53 bits per heavy atom. The lowest BCUT2D eigenvalue weighted by Gasteiger charge is -2.47. The normalized spacial score (nSPS) is 20.5. The monoisotopic (exact) mass is 540 g/mol. The number of sulfonamides is 1. The fourth-order valence-electron chi connectivity index (χ4n) is 5.90. The molecule has 206 valence electrons. The number of carbonyl (C=O) groups is 1. The van der Waals surface area contributed by atoms with Gasteiger partial charge in [0.05, 0.1) is 4.90 Å². The third-order valence-electron chi connectivity index (χ3n) is 8.21. The summed E-state index contributed by atoms with van der Waals surface area (Å²) < 4.78 is 29.3. The third kappa shape index (κ3) is 6.07. The number of carbonyl (C=O) groups excluding carboxylic acids is 1. The maximum Gasteiger partial charge on any atom is 0.238 e. The number of nitrogens with one attached hydrogen (secondary N) is 1. The van der Waals surface area contributed by atoms with Gasteiger partial charge < -0.3 is 15.2 Å². The molecule has 4 rings (SSSR count). The number of hydrogen-bond donors (Lipinski definition) is 3. The molecule has 1 amide bonds. The number of anilines is 1. The number of hydrogen-bond acceptors (Lipinski definition) is 5. The number of fused-ring (bicyclic) bond motifs is 3. The smallest absolute Gasteiger partial charge is 0.238 e. The molecule has 8 heteroatoms. The van der Waals surface area contributed by atoms with Crippen molar-refractivity contribution >= 4 is 21.6 Å². The van der Waals surface area contributed by atoms with E-state index in [9.17, 15) is 18.3 Å². The molecular formula is C30H40N2O5S. The van der Waals surface area contributed by atoms with Gasteiger partial charge in [-0.3, -0.25) is 4.79 Å². The number of phenolic OH excluding ortho intramolecular Hbond substituents is 1. The maximum absolute atomic E-state index is 12.4. The largest absolute Gasteiger partial charge is 0.508 e. The molecule has 1 aliphatic heterocycles. The molecule has 7 nitrogen and oxygen atoms in total. The number of phenols is 1. The summed E-state index contributed by atoms with van der Waals surface area (Å²) in [5.41, 5.74) is 3.35. The standard InChI is InChI=1S/C30H40N2O5S/c1-19-9-14-24-23(16-19)28-25(33)17-20(18-26(28)37-30(24,4)5)29(2,3)15-7-6-8-27(34)32-21-10-12-22(13-11-21)38(31,35)36/h9-13,17-18,23-24,33H,6-8,14-16H2,1-5H3,(H,32,34)(H2,31,35,36)/t23-,24-/m1/s1. The predicted octanol–water partition coefficient (Wildman–Crippen LogP) is 6.13. The summed E-state index contributed by atoms with van der Waals surface area (Å²) in [7, 11) is -3.76. The zero-order valence-electron chi connectivity index (χ0n) is 23.0. The van der Waals surface area contributed by atoms with Crippen molar-refractivity contribution in [3.8, 4) is 11.5 Å². The fraction of sp³-hybridized carbons (Fsp3) is 0.500. The molecule has 2 aromatic rings. The van der Waals surface area contributed by atoms with Crippen LogP contribution in [0, 0.1) is 5.92 Å². The number of unbranched alkanes of at least 4 members (excludes halogenated alkanes) is 1. The van der Waals surface area contributed by atoms with Crippen molar-refractivity contribution in [2.24, 2.45) is 11.1 Å². The Kier molecular flexibility index (Phi) is 7.70. The predicted molar refractivity (Wildman–Crippen MR) is 150 cm³/mol. The van der Waals surface area contributed by atoms with E-state index in [4.69, 9.17) is 9.88 Å². The lowest BCUT2D eigenvalue weighted by atomic mass is 9.66. The summed E-state index contributed by atoms with van der Waals surface area (Å²) in [5.74, 6) is 1.58. The van der Waals surface area contributed by atoms with Gasteiger partial charge in [-0.1, -0.05) is 31.9 Å². The molecule has 0 bridgehead atoms. The first-order chi connectivity index (χ1) is 17.7. The van der Waals surface area contributed by atoms with Crippen LogP contribution in [0.15, 0.2) is 52.9 Å². The minimum Gasteiger partial charge on any atom is -0.508 e. The maximum atomic E-state index is 12.4. The van der Waals surface area contributed by atoms with E-state index in [2.05, 4.69) is 52.1 Å². The number of allylic oxidation sites excluding steroid dienone is 2. The van der Waals surface area contributed by atoms with Crippen LogP contribution in [0.2, 0.25) is 0 Å². The van der Waals surface area contributed by atoms with Gasteiger partial charge in [0, 0.05) is 29.5 Å². The molecule has 0 radical (unpaired) electrons. The number of ether oxygens (including phenoxy) is 1. The van der Waals surface area contributed by atoms with Crippen molar-refractivity contribution in [2.75, 3.05) is 5.32 Å². The summed E-state index contributed by atoms with van der Waals surface area (Å²) >= 11 is 0. The summed E-state index contributed by atoms with van der Waals surface area (Å²) in [6, 6.07) is 9.82. The van der Waals surface area contributed by atoms with Gasteiger partial charge in [0.2, 0.25) is 15.9 Å². The zero-order chi connectivity index (χ0) is 27.9. The number of aromatic hydroxyl groups is 1. The second-order valence-electron chi connectivity index (χ2n) is 12.0. The SMILES string of the molecule is CC1=CC[C@@H]2[C@@H](C1)c1c(O)cc(C(C)(C)CCCCC(=O)Nc3ccc(S(N)(=O)=O)cc3)cc1OC2(C)C. The Bertz CT molecular complexity index is 1340. The Morgan fingerprint density at radius 1 is 1.18 bits per heavy atom. The van der Waals surface area contributed by atoms with E-state index >= 15 is 0 Å². The van der Waals surface area contributed by atoms with Crippen LogP contribution >= 0.6 is 0 Å². The molecule has 0 saturated carbocycles. The summed E-state index contributed by atoms with van der Waals surface area (Å²) in [5, 5.41) is 19.1. The van der Waals surface area contributed by atoms with Gasteiger partial charge in [-0.15, -0.1) is 0 Å². The van der Waals surface area contributed by atoms with Crippen molar-refractivity contribution in [3.63, 3.8) is 0 Å². The number of benzene rings is 2. The Labute approximate surface area is 226 Å². The second-order valence-corrected chi connectivity index (χ2v) is 13.6. The molecule has 4 N–H and O–H groups in total. The average molecular weight is 541 g/mol. The van der Waals surface area contributed by atoms with Crippen LogP contribution in [0.1, 0.15) is 90.2 Å². The van der Waals surface area contributed by atoms with Crippen LogP contribution in [0.25, 0.3) is 0 Å². The molecule has 2 aromatic carbocycles. The highest BCUT2D eigenvalue weighted by atomic mass is 32.2. The zero-order valence-corrected chi connectivity index (χ0v) is 23.8. The second kappa shape index (κ2) is 10.4. The van der Waals surface area contributed by atoms with Gasteiger partial charge in [-0.2, -0.15) is 0 Å². The molecule has 1 aliphatic carbocycles. The van der Waals surface area contributed by atoms with E-state index in [-0.39, 0.29) is 27.7 Å². The Hall–Kier alpha value is -2.84.